The molecule has 0 bridgehead atoms. The van der Waals surface area contributed by atoms with E-state index in [9.17, 15) is 23.1 Å². The van der Waals surface area contributed by atoms with Crippen LogP contribution in [0.5, 0.6) is 0 Å². The van der Waals surface area contributed by atoms with Gasteiger partial charge >= 0.3 is 6.18 Å². The summed E-state index contributed by atoms with van der Waals surface area (Å²) in [5.41, 5.74) is -3.40. The van der Waals surface area contributed by atoms with Gasteiger partial charge in [-0.05, 0) is 12.3 Å². The second kappa shape index (κ2) is 2.19. The van der Waals surface area contributed by atoms with Gasteiger partial charge in [-0.25, -0.2) is 0 Å². The first-order valence-electron chi connectivity index (χ1n) is 3.84. The van der Waals surface area contributed by atoms with Gasteiger partial charge in [-0.2, -0.15) is 13.2 Å². The Balaban J connectivity index is 3.04. The predicted molar refractivity (Wildman–Crippen MR) is 36.4 cm³/mol. The predicted octanol–water partition coefficient (Wildman–Crippen LogP) is 0.961. The Bertz CT molecular complexity index is 257. The average Bonchev–Trinajstić information content (AvgIpc) is 2.26. The van der Waals surface area contributed by atoms with E-state index in [-0.39, 0.29) is 0 Å². The molecule has 2 nitrogen and oxygen atoms in total. The lowest BCUT2D eigenvalue weighted by Crippen LogP contribution is -2.32. The van der Waals surface area contributed by atoms with Crippen LogP contribution < -0.4 is 5.11 Å². The van der Waals surface area contributed by atoms with Crippen molar-refractivity contribution in [3.05, 3.63) is 0 Å². The van der Waals surface area contributed by atoms with E-state index in [1.165, 1.54) is 13.8 Å². The van der Waals surface area contributed by atoms with Crippen molar-refractivity contribution in [2.45, 2.75) is 26.9 Å². The molecular weight excluding hydrogens is 185 g/mol. The summed E-state index contributed by atoms with van der Waals surface area (Å²) in [6.45, 7) is 3.51. The van der Waals surface area contributed by atoms with Gasteiger partial charge in [-0.1, -0.05) is 13.8 Å². The summed E-state index contributed by atoms with van der Waals surface area (Å²) in [7, 11) is 0. The third-order valence-electron chi connectivity index (χ3n) is 3.38. The van der Waals surface area contributed by atoms with Gasteiger partial charge in [0.05, 0.1) is 5.41 Å². The highest BCUT2D eigenvalue weighted by atomic mass is 19.4. The van der Waals surface area contributed by atoms with Crippen LogP contribution in [0.25, 0.3) is 0 Å². The Morgan fingerprint density at radius 3 is 1.77 bits per heavy atom. The standard InChI is InChI=1S/C8H11F3O2/c1-6(2)4(5(12)13)7(6,3)8(9,10)11/h4H,1-3H3,(H,12,13)/p-1. The number of halogens is 3. The molecule has 13 heavy (non-hydrogen) atoms. The quantitative estimate of drug-likeness (QED) is 0.625. The highest BCUT2D eigenvalue weighted by Gasteiger charge is 2.80. The highest BCUT2D eigenvalue weighted by molar-refractivity contribution is 5.75. The maximum absolute atomic E-state index is 12.4. The van der Waals surface area contributed by atoms with E-state index in [0.29, 0.717) is 0 Å². The fourth-order valence-corrected chi connectivity index (χ4v) is 2.04. The van der Waals surface area contributed by atoms with Crippen molar-refractivity contribution in [3.8, 4) is 0 Å². The van der Waals surface area contributed by atoms with Crippen molar-refractivity contribution >= 4 is 5.97 Å². The maximum Gasteiger partial charge on any atom is 0.395 e. The number of hydrogen-bond donors (Lipinski definition) is 0. The number of aliphatic carboxylic acids is 1. The minimum atomic E-state index is -4.48. The lowest BCUT2D eigenvalue weighted by atomic mass is 9.98. The first kappa shape index (κ1) is 10.3. The highest BCUT2D eigenvalue weighted by Crippen LogP contribution is 2.74. The number of carboxylic acids is 1. The van der Waals surface area contributed by atoms with Crippen molar-refractivity contribution in [1.29, 1.82) is 0 Å². The SMILES string of the molecule is CC1(C)C(C(=O)[O-])C1(C)C(F)(F)F. The molecule has 76 valence electrons. The van der Waals surface area contributed by atoms with Crippen molar-refractivity contribution in [1.82, 2.24) is 0 Å². The van der Waals surface area contributed by atoms with E-state index in [4.69, 9.17) is 0 Å². The first-order chi connectivity index (χ1) is 5.57. The summed E-state index contributed by atoms with van der Waals surface area (Å²) < 4.78 is 37.3. The number of carbonyl (C=O) groups is 1. The van der Waals surface area contributed by atoms with Crippen molar-refractivity contribution in [2.24, 2.45) is 16.7 Å². The molecule has 1 saturated carbocycles. The molecule has 0 heterocycles. The summed E-state index contributed by atoms with van der Waals surface area (Å²) in [6.07, 6.45) is -4.48. The second-order valence-corrected chi connectivity index (χ2v) is 4.17. The van der Waals surface area contributed by atoms with E-state index in [1.807, 2.05) is 0 Å². The number of alkyl halides is 3. The zero-order chi connectivity index (χ0) is 10.7. The number of carboxylic acid groups (broad SMARTS) is 1. The minimum Gasteiger partial charge on any atom is -0.550 e. The smallest absolute Gasteiger partial charge is 0.395 e. The summed E-state index contributed by atoms with van der Waals surface area (Å²) in [5, 5.41) is 10.4. The van der Waals surface area contributed by atoms with E-state index in [1.54, 1.807) is 0 Å². The van der Waals surface area contributed by atoms with Crippen LogP contribution in [0.4, 0.5) is 13.2 Å². The topological polar surface area (TPSA) is 40.1 Å². The Kier molecular flexibility index (Phi) is 1.74. The molecule has 0 aromatic carbocycles. The van der Waals surface area contributed by atoms with Crippen LogP contribution in [0, 0.1) is 16.7 Å². The van der Waals surface area contributed by atoms with Crippen molar-refractivity contribution in [3.63, 3.8) is 0 Å². The molecular formula is C8H10F3O2-. The largest absolute Gasteiger partial charge is 0.550 e. The van der Waals surface area contributed by atoms with Gasteiger partial charge in [0.2, 0.25) is 0 Å². The fourth-order valence-electron chi connectivity index (χ4n) is 2.04. The van der Waals surface area contributed by atoms with Crippen LogP contribution >= 0.6 is 0 Å². The zero-order valence-corrected chi connectivity index (χ0v) is 7.53. The van der Waals surface area contributed by atoms with Crippen LogP contribution in [0.15, 0.2) is 0 Å². The van der Waals surface area contributed by atoms with E-state index in [0.717, 1.165) is 6.92 Å². The van der Waals surface area contributed by atoms with Gasteiger partial charge in [0.15, 0.2) is 0 Å². The van der Waals surface area contributed by atoms with Gasteiger partial charge in [0.25, 0.3) is 0 Å². The van der Waals surface area contributed by atoms with Gasteiger partial charge in [0, 0.05) is 11.9 Å². The fraction of sp³-hybridized carbons (Fsp3) is 0.875. The molecule has 1 aliphatic carbocycles. The summed E-state index contributed by atoms with van der Waals surface area (Å²) in [4.78, 5) is 10.4. The maximum atomic E-state index is 12.4. The zero-order valence-electron chi connectivity index (χ0n) is 7.53. The Hall–Kier alpha value is -0.740. The minimum absolute atomic E-state index is 0.924. The van der Waals surface area contributed by atoms with Gasteiger partial charge in [0.1, 0.15) is 0 Å². The molecule has 0 amide bonds. The Morgan fingerprint density at radius 1 is 1.31 bits per heavy atom. The second-order valence-electron chi connectivity index (χ2n) is 4.17. The van der Waals surface area contributed by atoms with Gasteiger partial charge in [-0.15, -0.1) is 0 Å². The van der Waals surface area contributed by atoms with E-state index >= 15 is 0 Å². The van der Waals surface area contributed by atoms with Crippen molar-refractivity contribution in [2.75, 3.05) is 0 Å². The molecule has 2 unspecified atom stereocenters. The van der Waals surface area contributed by atoms with E-state index < -0.39 is 28.9 Å². The Morgan fingerprint density at radius 2 is 1.69 bits per heavy atom. The molecule has 0 spiro atoms. The number of rotatable bonds is 1. The summed E-state index contributed by atoms with van der Waals surface area (Å²) in [5.74, 6) is -3.05. The van der Waals surface area contributed by atoms with Crippen LogP contribution in [0.1, 0.15) is 20.8 Å². The monoisotopic (exact) mass is 195 g/mol. The molecule has 1 aliphatic rings. The molecule has 0 aromatic rings. The number of carbonyl (C=O) groups excluding carboxylic acids is 1. The van der Waals surface area contributed by atoms with Crippen molar-refractivity contribution < 1.29 is 23.1 Å². The third-order valence-corrected chi connectivity index (χ3v) is 3.38. The first-order valence-corrected chi connectivity index (χ1v) is 3.84. The van der Waals surface area contributed by atoms with Crippen LogP contribution in [0.3, 0.4) is 0 Å². The van der Waals surface area contributed by atoms with Gasteiger partial charge < -0.3 is 9.90 Å². The summed E-state index contributed by atoms with van der Waals surface area (Å²) in [6, 6.07) is 0. The van der Waals surface area contributed by atoms with Crippen LogP contribution in [-0.2, 0) is 4.79 Å². The molecule has 0 aliphatic heterocycles. The van der Waals surface area contributed by atoms with Crippen LogP contribution in [-0.4, -0.2) is 12.1 Å². The lowest BCUT2D eigenvalue weighted by molar-refractivity contribution is -0.311. The molecule has 0 saturated heterocycles. The van der Waals surface area contributed by atoms with Crippen LogP contribution in [0.2, 0.25) is 0 Å². The molecule has 0 aromatic heterocycles. The average molecular weight is 195 g/mol. The Labute approximate surface area is 73.7 Å². The van der Waals surface area contributed by atoms with E-state index in [2.05, 4.69) is 0 Å². The number of hydrogen-bond acceptors (Lipinski definition) is 2. The molecule has 5 heteroatoms. The molecule has 0 N–H and O–H groups in total. The molecule has 2 atom stereocenters. The van der Waals surface area contributed by atoms with Gasteiger partial charge in [-0.3, -0.25) is 0 Å². The lowest BCUT2D eigenvalue weighted by Gasteiger charge is -2.18. The molecule has 1 fully saturated rings. The molecule has 0 radical (unpaired) electrons. The summed E-state index contributed by atoms with van der Waals surface area (Å²) >= 11 is 0. The molecule has 1 rings (SSSR count). The normalized spacial score (nSPS) is 37.2. The third kappa shape index (κ3) is 0.988.